The van der Waals surface area contributed by atoms with Crippen LogP contribution in [0.4, 0.5) is 10.5 Å². The van der Waals surface area contributed by atoms with Gasteiger partial charge in [-0.25, -0.2) is 4.79 Å². The summed E-state index contributed by atoms with van der Waals surface area (Å²) in [4.78, 5) is 12.1. The highest BCUT2D eigenvalue weighted by molar-refractivity contribution is 5.89. The minimum Gasteiger partial charge on any atom is -0.493 e. The Morgan fingerprint density at radius 3 is 2.21 bits per heavy atom. The van der Waals surface area contributed by atoms with E-state index in [0.717, 1.165) is 17.1 Å². The van der Waals surface area contributed by atoms with E-state index in [1.165, 1.54) is 0 Å². The van der Waals surface area contributed by atoms with Crippen LogP contribution in [0.15, 0.2) is 36.4 Å². The van der Waals surface area contributed by atoms with E-state index < -0.39 is 0 Å². The fourth-order valence-electron chi connectivity index (χ4n) is 2.66. The Morgan fingerprint density at radius 2 is 1.54 bits per heavy atom. The standard InChI is InChI=1S/C21H28N2O5/c1-5-27-18-9-7-15(13-20(18)28-6-2)11-12-22-21(24)23-16-8-10-17(25-3)19(14-16)26-4/h7-10,13-14H,5-6,11-12H2,1-4H3,(H2,22,23,24). The average Bonchev–Trinajstić information content (AvgIpc) is 2.70. The minimum atomic E-state index is -0.289. The number of urea groups is 1. The molecule has 0 heterocycles. The van der Waals surface area contributed by atoms with Crippen molar-refractivity contribution in [1.82, 2.24) is 5.32 Å². The molecule has 0 aliphatic rings. The van der Waals surface area contributed by atoms with Gasteiger partial charge in [0.1, 0.15) is 0 Å². The largest absolute Gasteiger partial charge is 0.493 e. The predicted molar refractivity (Wildman–Crippen MR) is 109 cm³/mol. The lowest BCUT2D eigenvalue weighted by atomic mass is 10.1. The lowest BCUT2D eigenvalue weighted by molar-refractivity contribution is 0.252. The van der Waals surface area contributed by atoms with E-state index in [9.17, 15) is 4.79 Å². The molecule has 2 aromatic carbocycles. The number of hydrogen-bond acceptors (Lipinski definition) is 5. The Balaban J connectivity index is 1.89. The third-order valence-corrected chi connectivity index (χ3v) is 3.95. The van der Waals surface area contributed by atoms with Crippen molar-refractivity contribution in [1.29, 1.82) is 0 Å². The fourth-order valence-corrected chi connectivity index (χ4v) is 2.66. The number of carbonyl (C=O) groups excluding carboxylic acids is 1. The Labute approximate surface area is 165 Å². The molecule has 0 spiro atoms. The molecule has 0 bridgehead atoms. The van der Waals surface area contributed by atoms with E-state index >= 15 is 0 Å². The average molecular weight is 388 g/mol. The highest BCUT2D eigenvalue weighted by atomic mass is 16.5. The number of benzene rings is 2. The number of anilines is 1. The number of ether oxygens (including phenoxy) is 4. The molecule has 2 amide bonds. The Hall–Kier alpha value is -3.09. The van der Waals surface area contributed by atoms with Gasteiger partial charge in [-0.05, 0) is 50.1 Å². The molecular weight excluding hydrogens is 360 g/mol. The highest BCUT2D eigenvalue weighted by Gasteiger charge is 2.09. The van der Waals surface area contributed by atoms with Crippen LogP contribution < -0.4 is 29.6 Å². The summed E-state index contributed by atoms with van der Waals surface area (Å²) < 4.78 is 21.6. The van der Waals surface area contributed by atoms with Crippen LogP contribution in [-0.2, 0) is 6.42 Å². The third kappa shape index (κ3) is 5.97. The van der Waals surface area contributed by atoms with Crippen molar-refractivity contribution in [2.45, 2.75) is 20.3 Å². The monoisotopic (exact) mass is 388 g/mol. The molecule has 0 unspecified atom stereocenters. The number of hydrogen-bond donors (Lipinski definition) is 2. The number of amides is 2. The van der Waals surface area contributed by atoms with Gasteiger partial charge in [0.2, 0.25) is 0 Å². The first-order valence-corrected chi connectivity index (χ1v) is 9.26. The minimum absolute atomic E-state index is 0.289. The van der Waals surface area contributed by atoms with E-state index in [1.807, 2.05) is 32.0 Å². The zero-order chi connectivity index (χ0) is 20.4. The molecular formula is C21H28N2O5. The number of methoxy groups -OCH3 is 2. The normalized spacial score (nSPS) is 10.1. The van der Waals surface area contributed by atoms with Gasteiger partial charge in [-0.3, -0.25) is 0 Å². The summed E-state index contributed by atoms with van der Waals surface area (Å²) in [6, 6.07) is 10.7. The summed E-state index contributed by atoms with van der Waals surface area (Å²) in [7, 11) is 3.12. The maximum absolute atomic E-state index is 12.1. The van der Waals surface area contributed by atoms with E-state index in [4.69, 9.17) is 18.9 Å². The van der Waals surface area contributed by atoms with E-state index in [2.05, 4.69) is 10.6 Å². The van der Waals surface area contributed by atoms with Crippen LogP contribution in [0, 0.1) is 0 Å². The summed E-state index contributed by atoms with van der Waals surface area (Å²) in [6.45, 7) is 5.50. The van der Waals surface area contributed by atoms with Crippen molar-refractivity contribution in [3.63, 3.8) is 0 Å². The van der Waals surface area contributed by atoms with Crippen LogP contribution in [-0.4, -0.2) is 40.0 Å². The molecule has 0 fully saturated rings. The first-order chi connectivity index (χ1) is 13.6. The predicted octanol–water partition coefficient (Wildman–Crippen LogP) is 3.87. The van der Waals surface area contributed by atoms with Crippen LogP contribution in [0.1, 0.15) is 19.4 Å². The lowest BCUT2D eigenvalue weighted by Gasteiger charge is -2.13. The maximum atomic E-state index is 12.1. The summed E-state index contributed by atoms with van der Waals surface area (Å²) >= 11 is 0. The summed E-state index contributed by atoms with van der Waals surface area (Å²) in [5.74, 6) is 2.61. The zero-order valence-electron chi connectivity index (χ0n) is 16.8. The summed E-state index contributed by atoms with van der Waals surface area (Å²) in [6.07, 6.45) is 0.672. The van der Waals surface area contributed by atoms with Crippen molar-refractivity contribution in [3.05, 3.63) is 42.0 Å². The Bertz CT molecular complexity index is 779. The molecule has 2 N–H and O–H groups in total. The second kappa shape index (κ2) is 10.9. The van der Waals surface area contributed by atoms with Gasteiger partial charge in [0.15, 0.2) is 23.0 Å². The van der Waals surface area contributed by atoms with E-state index in [0.29, 0.717) is 43.4 Å². The Kier molecular flexibility index (Phi) is 8.27. The van der Waals surface area contributed by atoms with Gasteiger partial charge in [-0.15, -0.1) is 0 Å². The number of nitrogens with one attached hydrogen (secondary N) is 2. The van der Waals surface area contributed by atoms with Gasteiger partial charge in [0, 0.05) is 18.3 Å². The van der Waals surface area contributed by atoms with Crippen molar-refractivity contribution in [2.24, 2.45) is 0 Å². The zero-order valence-corrected chi connectivity index (χ0v) is 16.8. The molecule has 0 aliphatic carbocycles. The van der Waals surface area contributed by atoms with Crippen LogP contribution in [0.2, 0.25) is 0 Å². The molecule has 0 aliphatic heterocycles. The molecule has 28 heavy (non-hydrogen) atoms. The molecule has 7 nitrogen and oxygen atoms in total. The summed E-state index contributed by atoms with van der Waals surface area (Å²) in [5.41, 5.74) is 1.67. The topological polar surface area (TPSA) is 78.1 Å². The molecule has 2 aromatic rings. The van der Waals surface area contributed by atoms with Crippen molar-refractivity contribution in [3.8, 4) is 23.0 Å². The number of carbonyl (C=O) groups is 1. The smallest absolute Gasteiger partial charge is 0.319 e. The van der Waals surface area contributed by atoms with Crippen LogP contribution in [0.3, 0.4) is 0 Å². The van der Waals surface area contributed by atoms with Crippen molar-refractivity contribution >= 4 is 11.7 Å². The SMILES string of the molecule is CCOc1ccc(CCNC(=O)Nc2ccc(OC)c(OC)c2)cc1OCC. The molecule has 152 valence electrons. The van der Waals surface area contributed by atoms with Gasteiger partial charge in [-0.2, -0.15) is 0 Å². The first-order valence-electron chi connectivity index (χ1n) is 9.26. The lowest BCUT2D eigenvalue weighted by Crippen LogP contribution is -2.30. The molecule has 0 atom stereocenters. The van der Waals surface area contributed by atoms with Gasteiger partial charge in [0.25, 0.3) is 0 Å². The van der Waals surface area contributed by atoms with Crippen LogP contribution >= 0.6 is 0 Å². The fraction of sp³-hybridized carbons (Fsp3) is 0.381. The van der Waals surface area contributed by atoms with E-state index in [-0.39, 0.29) is 6.03 Å². The van der Waals surface area contributed by atoms with Crippen LogP contribution in [0.25, 0.3) is 0 Å². The molecule has 0 saturated heterocycles. The first kappa shape index (κ1) is 21.2. The van der Waals surface area contributed by atoms with Crippen molar-refractivity contribution < 1.29 is 23.7 Å². The molecule has 2 rings (SSSR count). The highest BCUT2D eigenvalue weighted by Crippen LogP contribution is 2.30. The molecule has 0 aromatic heterocycles. The molecule has 0 radical (unpaired) electrons. The molecule has 0 saturated carbocycles. The van der Waals surface area contributed by atoms with Crippen molar-refractivity contribution in [2.75, 3.05) is 39.3 Å². The quantitative estimate of drug-likeness (QED) is 0.646. The number of rotatable bonds is 10. The van der Waals surface area contributed by atoms with Gasteiger partial charge in [0.05, 0.1) is 27.4 Å². The van der Waals surface area contributed by atoms with Gasteiger partial charge < -0.3 is 29.6 Å². The molecule has 7 heteroatoms. The van der Waals surface area contributed by atoms with E-state index in [1.54, 1.807) is 32.4 Å². The van der Waals surface area contributed by atoms with Crippen LogP contribution in [0.5, 0.6) is 23.0 Å². The third-order valence-electron chi connectivity index (χ3n) is 3.95. The second-order valence-electron chi connectivity index (χ2n) is 5.85. The maximum Gasteiger partial charge on any atom is 0.319 e. The second-order valence-corrected chi connectivity index (χ2v) is 5.85. The Morgan fingerprint density at radius 1 is 0.857 bits per heavy atom. The van der Waals surface area contributed by atoms with Gasteiger partial charge >= 0.3 is 6.03 Å². The summed E-state index contributed by atoms with van der Waals surface area (Å²) in [5, 5.41) is 5.62. The van der Waals surface area contributed by atoms with Gasteiger partial charge in [-0.1, -0.05) is 6.07 Å².